The molecule has 5 nitrogen and oxygen atoms in total. The molecule has 18 heavy (non-hydrogen) atoms. The van der Waals surface area contributed by atoms with Crippen LogP contribution in [0.15, 0.2) is 22.8 Å². The summed E-state index contributed by atoms with van der Waals surface area (Å²) in [5.74, 6) is 0.563. The molecule has 0 bridgehead atoms. The van der Waals surface area contributed by atoms with Crippen LogP contribution < -0.4 is 5.32 Å². The monoisotopic (exact) mass is 310 g/mol. The number of anilines is 1. The zero-order chi connectivity index (χ0) is 12.6. The van der Waals surface area contributed by atoms with Crippen LogP contribution in [0.1, 0.15) is 25.7 Å². The molecular weight excluding hydrogens is 296 g/mol. The van der Waals surface area contributed by atoms with Crippen LogP contribution in [0.3, 0.4) is 0 Å². The summed E-state index contributed by atoms with van der Waals surface area (Å²) in [6.07, 6.45) is 5.78. The fourth-order valence-electron chi connectivity index (χ4n) is 2.39. The number of nitrogens with one attached hydrogen (secondary N) is 1. The molecule has 1 saturated carbocycles. The molecule has 1 aliphatic carbocycles. The number of nitrogens with zero attached hydrogens (tertiary/aromatic N) is 3. The predicted molar refractivity (Wildman–Crippen MR) is 72.6 cm³/mol. The van der Waals surface area contributed by atoms with Crippen molar-refractivity contribution in [2.75, 3.05) is 11.9 Å². The molecule has 2 aromatic rings. The van der Waals surface area contributed by atoms with Crippen LogP contribution in [0.25, 0.3) is 5.65 Å². The van der Waals surface area contributed by atoms with Gasteiger partial charge in [0.25, 0.3) is 0 Å². The van der Waals surface area contributed by atoms with E-state index in [0.717, 1.165) is 35.8 Å². The highest BCUT2D eigenvalue weighted by atomic mass is 79.9. The molecule has 0 saturated heterocycles. The molecule has 1 fully saturated rings. The molecule has 0 atom stereocenters. The normalized spacial score (nSPS) is 18.3. The highest BCUT2D eigenvalue weighted by Crippen LogP contribution is 2.29. The fourth-order valence-corrected chi connectivity index (χ4v) is 2.71. The van der Waals surface area contributed by atoms with E-state index in [1.165, 1.54) is 0 Å². The topological polar surface area (TPSA) is 62.5 Å². The number of pyridine rings is 1. The second-order valence-corrected chi connectivity index (χ2v) is 5.79. The van der Waals surface area contributed by atoms with Gasteiger partial charge in [0.2, 0.25) is 5.95 Å². The van der Waals surface area contributed by atoms with Crippen LogP contribution in [0.2, 0.25) is 0 Å². The van der Waals surface area contributed by atoms with Crippen LogP contribution in [-0.4, -0.2) is 31.9 Å². The highest BCUT2D eigenvalue weighted by molar-refractivity contribution is 9.10. The number of halogens is 1. The van der Waals surface area contributed by atoms with Crippen LogP contribution >= 0.6 is 15.9 Å². The molecular formula is C12H15BrN4O. The van der Waals surface area contributed by atoms with E-state index >= 15 is 0 Å². The van der Waals surface area contributed by atoms with Gasteiger partial charge in [-0.05, 0) is 40.9 Å². The Morgan fingerprint density at radius 3 is 2.94 bits per heavy atom. The summed E-state index contributed by atoms with van der Waals surface area (Å²) in [6.45, 7) is 0.519. The quantitative estimate of drug-likeness (QED) is 0.912. The van der Waals surface area contributed by atoms with E-state index in [2.05, 4.69) is 31.3 Å². The summed E-state index contributed by atoms with van der Waals surface area (Å²) >= 11 is 3.39. The summed E-state index contributed by atoms with van der Waals surface area (Å²) in [6, 6.07) is 3.82. The van der Waals surface area contributed by atoms with Crippen molar-refractivity contribution >= 4 is 27.5 Å². The molecule has 0 unspecified atom stereocenters. The van der Waals surface area contributed by atoms with E-state index in [9.17, 15) is 5.11 Å². The summed E-state index contributed by atoms with van der Waals surface area (Å²) in [5.41, 5.74) is 0.206. The SMILES string of the molecule is OC1(CNc2nc3ccc(Br)cn3n2)CCCC1. The van der Waals surface area contributed by atoms with Crippen molar-refractivity contribution in [3.63, 3.8) is 0 Å². The average Bonchev–Trinajstić information content (AvgIpc) is 2.93. The van der Waals surface area contributed by atoms with Gasteiger partial charge in [0, 0.05) is 17.2 Å². The van der Waals surface area contributed by atoms with Gasteiger partial charge < -0.3 is 10.4 Å². The van der Waals surface area contributed by atoms with Gasteiger partial charge in [-0.15, -0.1) is 5.10 Å². The van der Waals surface area contributed by atoms with E-state index in [4.69, 9.17) is 0 Å². The Balaban J connectivity index is 1.74. The molecule has 0 spiro atoms. The van der Waals surface area contributed by atoms with Gasteiger partial charge in [0.15, 0.2) is 5.65 Å². The van der Waals surface area contributed by atoms with Crippen molar-refractivity contribution < 1.29 is 5.11 Å². The molecule has 0 radical (unpaired) electrons. The molecule has 1 aliphatic rings. The number of fused-ring (bicyclic) bond motifs is 1. The Morgan fingerprint density at radius 2 is 2.17 bits per heavy atom. The van der Waals surface area contributed by atoms with Gasteiger partial charge in [-0.3, -0.25) is 0 Å². The van der Waals surface area contributed by atoms with Crippen LogP contribution in [-0.2, 0) is 0 Å². The standard InChI is InChI=1S/C12H15BrN4O/c13-9-3-4-10-15-11(16-17(10)7-9)14-8-12(18)5-1-2-6-12/h3-4,7,18H,1-2,5-6,8H2,(H,14,16). The third kappa shape index (κ3) is 2.35. The second-order valence-electron chi connectivity index (χ2n) is 4.87. The predicted octanol–water partition coefficient (Wildman–Crippen LogP) is 2.21. The van der Waals surface area contributed by atoms with Crippen LogP contribution in [0.5, 0.6) is 0 Å². The first-order chi connectivity index (χ1) is 8.65. The molecule has 0 aromatic carbocycles. The molecule has 6 heteroatoms. The molecule has 0 aliphatic heterocycles. The van der Waals surface area contributed by atoms with Crippen molar-refractivity contribution in [2.45, 2.75) is 31.3 Å². The summed E-state index contributed by atoms with van der Waals surface area (Å²) in [4.78, 5) is 4.35. The van der Waals surface area contributed by atoms with E-state index in [0.29, 0.717) is 12.5 Å². The minimum absolute atomic E-state index is 0.519. The molecule has 2 aromatic heterocycles. The summed E-state index contributed by atoms with van der Waals surface area (Å²) in [7, 11) is 0. The maximum Gasteiger partial charge on any atom is 0.243 e. The molecule has 2 N–H and O–H groups in total. The van der Waals surface area contributed by atoms with Crippen molar-refractivity contribution in [1.29, 1.82) is 0 Å². The molecule has 2 heterocycles. The summed E-state index contributed by atoms with van der Waals surface area (Å²) < 4.78 is 2.67. The smallest absolute Gasteiger partial charge is 0.243 e. The van der Waals surface area contributed by atoms with Gasteiger partial charge in [0.05, 0.1) is 5.60 Å². The number of aromatic nitrogens is 3. The van der Waals surface area contributed by atoms with Crippen molar-refractivity contribution in [1.82, 2.24) is 14.6 Å². The lowest BCUT2D eigenvalue weighted by molar-refractivity contribution is 0.0613. The molecule has 0 amide bonds. The number of aliphatic hydroxyl groups is 1. The van der Waals surface area contributed by atoms with Crippen LogP contribution in [0.4, 0.5) is 5.95 Å². The maximum atomic E-state index is 10.2. The number of hydrogen-bond donors (Lipinski definition) is 2. The first-order valence-corrected chi connectivity index (χ1v) is 6.92. The van der Waals surface area contributed by atoms with Gasteiger partial charge in [-0.1, -0.05) is 12.8 Å². The number of rotatable bonds is 3. The Bertz CT molecular complexity index is 562. The lowest BCUT2D eigenvalue weighted by Gasteiger charge is -2.21. The van der Waals surface area contributed by atoms with Crippen LogP contribution in [0, 0.1) is 0 Å². The Morgan fingerprint density at radius 1 is 1.39 bits per heavy atom. The minimum Gasteiger partial charge on any atom is -0.388 e. The van der Waals surface area contributed by atoms with E-state index in [1.807, 2.05) is 18.3 Å². The molecule has 3 rings (SSSR count). The zero-order valence-electron chi connectivity index (χ0n) is 9.93. The largest absolute Gasteiger partial charge is 0.388 e. The highest BCUT2D eigenvalue weighted by Gasteiger charge is 2.30. The second kappa shape index (κ2) is 4.51. The zero-order valence-corrected chi connectivity index (χ0v) is 11.5. The lowest BCUT2D eigenvalue weighted by atomic mass is 10.0. The Kier molecular flexibility index (Phi) is 2.99. The first-order valence-electron chi connectivity index (χ1n) is 6.13. The van der Waals surface area contributed by atoms with E-state index in [-0.39, 0.29) is 0 Å². The number of hydrogen-bond acceptors (Lipinski definition) is 4. The maximum absolute atomic E-state index is 10.2. The van der Waals surface area contributed by atoms with Crippen molar-refractivity contribution in [2.24, 2.45) is 0 Å². The Hall–Kier alpha value is -1.14. The first kappa shape index (κ1) is 11.9. The molecule has 96 valence electrons. The summed E-state index contributed by atoms with van der Waals surface area (Å²) in [5, 5.41) is 17.7. The average molecular weight is 311 g/mol. The van der Waals surface area contributed by atoms with E-state index < -0.39 is 5.60 Å². The third-order valence-electron chi connectivity index (χ3n) is 3.40. The Labute approximate surface area is 113 Å². The van der Waals surface area contributed by atoms with Crippen molar-refractivity contribution in [3.05, 3.63) is 22.8 Å². The fraction of sp³-hybridized carbons (Fsp3) is 0.500. The minimum atomic E-state index is -0.585. The van der Waals surface area contributed by atoms with Gasteiger partial charge in [-0.25, -0.2) is 4.52 Å². The van der Waals surface area contributed by atoms with Gasteiger partial charge in [0.1, 0.15) is 0 Å². The van der Waals surface area contributed by atoms with Gasteiger partial charge >= 0.3 is 0 Å². The lowest BCUT2D eigenvalue weighted by Crippen LogP contribution is -2.33. The van der Waals surface area contributed by atoms with E-state index in [1.54, 1.807) is 4.52 Å². The third-order valence-corrected chi connectivity index (χ3v) is 3.87. The van der Waals surface area contributed by atoms with Gasteiger partial charge in [-0.2, -0.15) is 4.98 Å². The van der Waals surface area contributed by atoms with Crippen molar-refractivity contribution in [3.8, 4) is 0 Å².